The van der Waals surface area contributed by atoms with E-state index < -0.39 is 0 Å². The SMILES string of the molecule is C#CCNc1nc2ccc3c(cnn3C(C)=O)c2c(=O)[nH]1. The maximum absolute atomic E-state index is 12.2. The molecule has 7 nitrogen and oxygen atoms in total. The van der Waals surface area contributed by atoms with Gasteiger partial charge in [-0.15, -0.1) is 6.42 Å². The lowest BCUT2D eigenvalue weighted by Gasteiger charge is -2.04. The van der Waals surface area contributed by atoms with Gasteiger partial charge in [0.15, 0.2) is 0 Å². The van der Waals surface area contributed by atoms with Gasteiger partial charge >= 0.3 is 0 Å². The van der Waals surface area contributed by atoms with Crippen molar-refractivity contribution in [3.05, 3.63) is 28.7 Å². The van der Waals surface area contributed by atoms with Crippen LogP contribution in [0.3, 0.4) is 0 Å². The van der Waals surface area contributed by atoms with E-state index in [1.165, 1.54) is 17.8 Å². The van der Waals surface area contributed by atoms with Crippen LogP contribution in [0.2, 0.25) is 0 Å². The molecular weight excluding hydrogens is 270 g/mol. The van der Waals surface area contributed by atoms with Crippen molar-refractivity contribution in [3.63, 3.8) is 0 Å². The fourth-order valence-electron chi connectivity index (χ4n) is 2.21. The van der Waals surface area contributed by atoms with Gasteiger partial charge in [0.2, 0.25) is 11.9 Å². The van der Waals surface area contributed by atoms with Crippen molar-refractivity contribution in [2.75, 3.05) is 11.9 Å². The number of carbonyl (C=O) groups excluding carboxylic acids is 1. The Morgan fingerprint density at radius 2 is 2.33 bits per heavy atom. The third-order valence-corrected chi connectivity index (χ3v) is 3.08. The van der Waals surface area contributed by atoms with E-state index in [0.717, 1.165) is 0 Å². The highest BCUT2D eigenvalue weighted by Crippen LogP contribution is 2.21. The van der Waals surface area contributed by atoms with Crippen LogP contribution in [0.1, 0.15) is 11.7 Å². The number of anilines is 1. The molecule has 1 aromatic carbocycles. The Labute approximate surface area is 119 Å². The predicted octanol–water partition coefficient (Wildman–Crippen LogP) is 0.978. The molecule has 0 saturated carbocycles. The van der Waals surface area contributed by atoms with Crippen LogP contribution in [0.15, 0.2) is 23.1 Å². The number of fused-ring (bicyclic) bond motifs is 3. The molecule has 0 radical (unpaired) electrons. The van der Waals surface area contributed by atoms with E-state index in [2.05, 4.69) is 26.3 Å². The maximum atomic E-state index is 12.2. The average Bonchev–Trinajstić information content (AvgIpc) is 2.88. The summed E-state index contributed by atoms with van der Waals surface area (Å²) < 4.78 is 1.25. The highest BCUT2D eigenvalue weighted by atomic mass is 16.2. The van der Waals surface area contributed by atoms with Gasteiger partial charge in [-0.25, -0.2) is 9.67 Å². The summed E-state index contributed by atoms with van der Waals surface area (Å²) in [5, 5.41) is 7.80. The molecule has 3 aromatic rings. The van der Waals surface area contributed by atoms with Crippen molar-refractivity contribution in [3.8, 4) is 12.3 Å². The molecule has 7 heteroatoms. The Kier molecular flexibility index (Phi) is 2.92. The Morgan fingerprint density at radius 1 is 1.52 bits per heavy atom. The number of aromatic amines is 1. The third-order valence-electron chi connectivity index (χ3n) is 3.08. The second kappa shape index (κ2) is 4.76. The van der Waals surface area contributed by atoms with Crippen molar-refractivity contribution >= 4 is 33.7 Å². The molecule has 21 heavy (non-hydrogen) atoms. The van der Waals surface area contributed by atoms with E-state index in [1.54, 1.807) is 12.1 Å². The first kappa shape index (κ1) is 12.9. The lowest BCUT2D eigenvalue weighted by molar-refractivity contribution is 0.0927. The topological polar surface area (TPSA) is 92.7 Å². The molecule has 2 N–H and O–H groups in total. The van der Waals surface area contributed by atoms with Gasteiger partial charge in [0.25, 0.3) is 5.56 Å². The van der Waals surface area contributed by atoms with Gasteiger partial charge in [-0.2, -0.15) is 5.10 Å². The molecule has 0 spiro atoms. The zero-order valence-corrected chi connectivity index (χ0v) is 11.2. The molecule has 2 aromatic heterocycles. The van der Waals surface area contributed by atoms with Crippen molar-refractivity contribution in [1.29, 1.82) is 0 Å². The van der Waals surface area contributed by atoms with Crippen molar-refractivity contribution < 1.29 is 4.79 Å². The van der Waals surface area contributed by atoms with E-state index in [1.807, 2.05) is 0 Å². The number of nitrogens with zero attached hydrogens (tertiary/aromatic N) is 3. The van der Waals surface area contributed by atoms with Crippen LogP contribution in [0.25, 0.3) is 21.8 Å². The summed E-state index contributed by atoms with van der Waals surface area (Å²) in [6, 6.07) is 3.39. The largest absolute Gasteiger partial charge is 0.345 e. The molecule has 0 saturated heterocycles. The minimum Gasteiger partial charge on any atom is -0.345 e. The quantitative estimate of drug-likeness (QED) is 0.683. The van der Waals surface area contributed by atoms with E-state index in [4.69, 9.17) is 6.42 Å². The number of carbonyl (C=O) groups is 1. The smallest absolute Gasteiger partial charge is 0.260 e. The Bertz CT molecular complexity index is 961. The van der Waals surface area contributed by atoms with Crippen LogP contribution in [0.5, 0.6) is 0 Å². The van der Waals surface area contributed by atoms with Crippen molar-refractivity contribution in [2.24, 2.45) is 0 Å². The summed E-state index contributed by atoms with van der Waals surface area (Å²) in [7, 11) is 0. The predicted molar refractivity (Wildman–Crippen MR) is 79.3 cm³/mol. The van der Waals surface area contributed by atoms with Gasteiger partial charge in [0.1, 0.15) is 0 Å². The molecule has 0 aliphatic carbocycles. The number of H-pyrrole nitrogens is 1. The molecule has 3 rings (SSSR count). The number of hydrogen-bond donors (Lipinski definition) is 2. The van der Waals surface area contributed by atoms with Crippen molar-refractivity contribution in [2.45, 2.75) is 6.92 Å². The monoisotopic (exact) mass is 281 g/mol. The molecule has 0 atom stereocenters. The normalized spacial score (nSPS) is 10.7. The number of nitrogens with one attached hydrogen (secondary N) is 2. The summed E-state index contributed by atoms with van der Waals surface area (Å²) in [5.74, 6) is 2.49. The summed E-state index contributed by atoms with van der Waals surface area (Å²) in [5.41, 5.74) is 0.772. The Balaban J connectivity index is 2.29. The van der Waals surface area contributed by atoms with Gasteiger partial charge < -0.3 is 5.32 Å². The number of terminal acetylenes is 1. The van der Waals surface area contributed by atoms with Crippen molar-refractivity contribution in [1.82, 2.24) is 19.7 Å². The van der Waals surface area contributed by atoms with Crippen LogP contribution < -0.4 is 10.9 Å². The number of rotatable bonds is 2. The molecule has 0 aliphatic rings. The molecular formula is C14H11N5O2. The summed E-state index contributed by atoms with van der Waals surface area (Å²) in [6.45, 7) is 1.67. The fraction of sp³-hybridized carbons (Fsp3) is 0.143. The first-order valence-corrected chi connectivity index (χ1v) is 6.21. The number of benzene rings is 1. The molecule has 104 valence electrons. The van der Waals surface area contributed by atoms with Crippen LogP contribution in [0.4, 0.5) is 5.95 Å². The van der Waals surface area contributed by atoms with E-state index >= 15 is 0 Å². The first-order valence-electron chi connectivity index (χ1n) is 6.21. The summed E-state index contributed by atoms with van der Waals surface area (Å²) >= 11 is 0. The summed E-state index contributed by atoms with van der Waals surface area (Å²) in [4.78, 5) is 30.6. The van der Waals surface area contributed by atoms with E-state index in [9.17, 15) is 9.59 Å². The highest BCUT2D eigenvalue weighted by Gasteiger charge is 2.13. The van der Waals surface area contributed by atoms with Crippen LogP contribution in [0, 0.1) is 12.3 Å². The van der Waals surface area contributed by atoms with Gasteiger partial charge in [-0.05, 0) is 12.1 Å². The maximum Gasteiger partial charge on any atom is 0.260 e. The second-order valence-corrected chi connectivity index (χ2v) is 4.44. The van der Waals surface area contributed by atoms with E-state index in [0.29, 0.717) is 27.8 Å². The van der Waals surface area contributed by atoms with Crippen LogP contribution >= 0.6 is 0 Å². The number of hydrogen-bond acceptors (Lipinski definition) is 5. The first-order chi connectivity index (χ1) is 10.1. The summed E-state index contributed by atoms with van der Waals surface area (Å²) in [6.07, 6.45) is 6.65. The zero-order chi connectivity index (χ0) is 15.0. The number of aromatic nitrogens is 4. The Morgan fingerprint density at radius 3 is 3.05 bits per heavy atom. The minimum atomic E-state index is -0.312. The van der Waals surface area contributed by atoms with E-state index in [-0.39, 0.29) is 18.0 Å². The van der Waals surface area contributed by atoms with Gasteiger partial charge in [0.05, 0.1) is 29.2 Å². The standard InChI is InChI=1S/C14H11N5O2/c1-3-6-15-14-17-10-4-5-11-9(12(10)13(21)18-14)7-16-19(11)8(2)20/h1,4-5,7H,6H2,2H3,(H2,15,17,18,21). The molecule has 0 bridgehead atoms. The van der Waals surface area contributed by atoms with Crippen LogP contribution in [-0.2, 0) is 0 Å². The lowest BCUT2D eigenvalue weighted by atomic mass is 10.1. The van der Waals surface area contributed by atoms with Gasteiger partial charge in [-0.3, -0.25) is 14.6 Å². The minimum absolute atomic E-state index is 0.221. The molecule has 0 aliphatic heterocycles. The molecule has 0 unspecified atom stereocenters. The third kappa shape index (κ3) is 2.03. The highest BCUT2D eigenvalue weighted by molar-refractivity contribution is 6.06. The van der Waals surface area contributed by atoms with Crippen LogP contribution in [-0.4, -0.2) is 32.2 Å². The zero-order valence-electron chi connectivity index (χ0n) is 11.2. The molecule has 0 amide bonds. The Hall–Kier alpha value is -3.14. The van der Waals surface area contributed by atoms with Gasteiger partial charge in [-0.1, -0.05) is 5.92 Å². The molecule has 0 fully saturated rings. The fourth-order valence-corrected chi connectivity index (χ4v) is 2.21. The average molecular weight is 281 g/mol. The van der Waals surface area contributed by atoms with Gasteiger partial charge in [0, 0.05) is 12.3 Å². The molecule has 2 heterocycles. The second-order valence-electron chi connectivity index (χ2n) is 4.44. The lowest BCUT2D eigenvalue weighted by Crippen LogP contribution is -2.14.